The normalized spacial score (nSPS) is 19.1. The number of fused-ring (bicyclic) bond motifs is 1. The van der Waals surface area contributed by atoms with Crippen molar-refractivity contribution in [3.63, 3.8) is 0 Å². The van der Waals surface area contributed by atoms with Crippen LogP contribution in [0.1, 0.15) is 18.0 Å². The molecule has 0 spiro atoms. The minimum Gasteiger partial charge on any atom is -0.344 e. The third kappa shape index (κ3) is 1.89. The second-order valence-corrected chi connectivity index (χ2v) is 5.58. The number of halogens is 1. The van der Waals surface area contributed by atoms with Gasteiger partial charge in [0.1, 0.15) is 6.04 Å². The fraction of sp³-hybridized carbons (Fsp3) is 0.357. The molecule has 0 saturated carbocycles. The number of hydrogen-bond acceptors (Lipinski definition) is 3. The number of rotatable bonds is 1. The maximum Gasteiger partial charge on any atom is 0.261 e. The molecule has 0 bridgehead atoms. The summed E-state index contributed by atoms with van der Waals surface area (Å²) in [7, 11) is 1.74. The zero-order valence-electron chi connectivity index (χ0n) is 11.3. The molecule has 0 radical (unpaired) electrons. The maximum atomic E-state index is 12.6. The molecule has 1 aliphatic rings. The van der Waals surface area contributed by atoms with Crippen LogP contribution in [0.3, 0.4) is 0 Å². The van der Waals surface area contributed by atoms with Gasteiger partial charge in [-0.05, 0) is 31.0 Å². The molecule has 2 aromatic rings. The first-order valence-electron chi connectivity index (χ1n) is 6.41. The Morgan fingerprint density at radius 2 is 2.10 bits per heavy atom. The number of carbonyl (C=O) groups is 1. The second-order valence-electron chi connectivity index (χ2n) is 5.14. The zero-order valence-corrected chi connectivity index (χ0v) is 12.0. The van der Waals surface area contributed by atoms with Crippen LogP contribution in [0, 0.1) is 6.92 Å². The van der Waals surface area contributed by atoms with Gasteiger partial charge in [0.2, 0.25) is 5.91 Å². The molecule has 5 nitrogen and oxygen atoms in total. The van der Waals surface area contributed by atoms with Crippen LogP contribution in [0.25, 0.3) is 10.9 Å². The van der Waals surface area contributed by atoms with Crippen LogP contribution in [-0.4, -0.2) is 34.0 Å². The smallest absolute Gasteiger partial charge is 0.261 e. The van der Waals surface area contributed by atoms with Crippen molar-refractivity contribution in [3.8, 4) is 0 Å². The molecule has 1 saturated heterocycles. The molecule has 1 fully saturated rings. The van der Waals surface area contributed by atoms with Gasteiger partial charge in [-0.1, -0.05) is 11.6 Å². The molecule has 104 valence electrons. The van der Waals surface area contributed by atoms with Crippen LogP contribution < -0.4 is 5.56 Å². The Labute approximate surface area is 120 Å². The maximum absolute atomic E-state index is 12.6. The third-order valence-electron chi connectivity index (χ3n) is 3.78. The van der Waals surface area contributed by atoms with Gasteiger partial charge in [-0.2, -0.15) is 0 Å². The van der Waals surface area contributed by atoms with E-state index in [4.69, 9.17) is 11.6 Å². The summed E-state index contributed by atoms with van der Waals surface area (Å²) in [5.74, 6) is -0.0491. The lowest BCUT2D eigenvalue weighted by Gasteiger charge is -2.14. The van der Waals surface area contributed by atoms with Crippen molar-refractivity contribution in [2.75, 3.05) is 13.6 Å². The van der Waals surface area contributed by atoms with Crippen molar-refractivity contribution >= 4 is 28.4 Å². The lowest BCUT2D eigenvalue weighted by atomic mass is 10.1. The van der Waals surface area contributed by atoms with E-state index in [0.717, 1.165) is 5.56 Å². The van der Waals surface area contributed by atoms with Gasteiger partial charge < -0.3 is 4.90 Å². The first kappa shape index (κ1) is 13.1. The summed E-state index contributed by atoms with van der Waals surface area (Å²) in [6, 6.07) is 2.93. The number of hydrogen-bond donors (Lipinski definition) is 0. The molecule has 1 atom stereocenters. The Morgan fingerprint density at radius 3 is 2.75 bits per heavy atom. The molecule has 1 amide bonds. The molecule has 1 aromatic carbocycles. The van der Waals surface area contributed by atoms with E-state index < -0.39 is 6.04 Å². The standard InChI is InChI=1S/C14H14ClN3O2/c1-8-5-9(15)6-10-12(8)16-7-18(13(10)19)11-3-4-17(2)14(11)20/h5-7,11H,3-4H2,1-2H3/t11-/m0/s1. The number of likely N-dealkylation sites (N-methyl/N-ethyl adjacent to an activating group) is 1. The van der Waals surface area contributed by atoms with E-state index >= 15 is 0 Å². The van der Waals surface area contributed by atoms with Crippen LogP contribution in [0.5, 0.6) is 0 Å². The molecule has 3 rings (SSSR count). The minimum atomic E-state index is -0.455. The van der Waals surface area contributed by atoms with Crippen molar-refractivity contribution in [2.24, 2.45) is 0 Å². The summed E-state index contributed by atoms with van der Waals surface area (Å²) in [5.41, 5.74) is 1.27. The van der Waals surface area contributed by atoms with Crippen molar-refractivity contribution in [2.45, 2.75) is 19.4 Å². The van der Waals surface area contributed by atoms with Crippen LogP contribution in [0.2, 0.25) is 5.02 Å². The first-order valence-corrected chi connectivity index (χ1v) is 6.79. The minimum absolute atomic E-state index is 0.0491. The van der Waals surface area contributed by atoms with E-state index in [0.29, 0.717) is 28.9 Å². The molecule has 1 aliphatic heterocycles. The molecule has 0 aliphatic carbocycles. The largest absolute Gasteiger partial charge is 0.344 e. The summed E-state index contributed by atoms with van der Waals surface area (Å²) < 4.78 is 1.42. The fourth-order valence-corrected chi connectivity index (χ4v) is 2.94. The van der Waals surface area contributed by atoms with Crippen molar-refractivity contribution in [1.29, 1.82) is 0 Å². The molecular formula is C14H14ClN3O2. The second kappa shape index (κ2) is 4.59. The lowest BCUT2D eigenvalue weighted by Crippen LogP contribution is -2.31. The Bertz CT molecular complexity index is 769. The van der Waals surface area contributed by atoms with Gasteiger partial charge in [0.15, 0.2) is 0 Å². The average molecular weight is 292 g/mol. The number of aryl methyl sites for hydroxylation is 1. The average Bonchev–Trinajstić information content (AvgIpc) is 2.72. The number of aromatic nitrogens is 2. The van der Waals surface area contributed by atoms with E-state index in [1.165, 1.54) is 10.9 Å². The van der Waals surface area contributed by atoms with Crippen molar-refractivity contribution in [1.82, 2.24) is 14.5 Å². The van der Waals surface area contributed by atoms with E-state index in [2.05, 4.69) is 4.98 Å². The van der Waals surface area contributed by atoms with Crippen molar-refractivity contribution in [3.05, 3.63) is 39.4 Å². The number of benzene rings is 1. The zero-order chi connectivity index (χ0) is 14.4. The first-order chi connectivity index (χ1) is 9.49. The Kier molecular flexibility index (Phi) is 3.01. The van der Waals surface area contributed by atoms with Gasteiger partial charge >= 0.3 is 0 Å². The Balaban J connectivity index is 2.22. The van der Waals surface area contributed by atoms with E-state index in [9.17, 15) is 9.59 Å². The number of likely N-dealkylation sites (tertiary alicyclic amines) is 1. The van der Waals surface area contributed by atoms with Gasteiger partial charge in [-0.15, -0.1) is 0 Å². The quantitative estimate of drug-likeness (QED) is 0.804. The molecule has 2 heterocycles. The summed E-state index contributed by atoms with van der Waals surface area (Å²) in [6.45, 7) is 2.52. The summed E-state index contributed by atoms with van der Waals surface area (Å²) in [5, 5.41) is 0.960. The Hall–Kier alpha value is -1.88. The van der Waals surface area contributed by atoms with Crippen molar-refractivity contribution < 1.29 is 4.79 Å². The highest BCUT2D eigenvalue weighted by atomic mass is 35.5. The predicted molar refractivity (Wildman–Crippen MR) is 77.0 cm³/mol. The highest BCUT2D eigenvalue weighted by Gasteiger charge is 2.31. The van der Waals surface area contributed by atoms with Crippen LogP contribution in [-0.2, 0) is 4.79 Å². The number of nitrogens with zero attached hydrogens (tertiary/aromatic N) is 3. The topological polar surface area (TPSA) is 55.2 Å². The molecule has 6 heteroatoms. The lowest BCUT2D eigenvalue weighted by molar-refractivity contribution is -0.129. The van der Waals surface area contributed by atoms with E-state index in [1.807, 2.05) is 6.92 Å². The molecular weight excluding hydrogens is 278 g/mol. The molecule has 0 N–H and O–H groups in total. The van der Waals surface area contributed by atoms with Crippen LogP contribution in [0.4, 0.5) is 0 Å². The predicted octanol–water partition coefficient (Wildman–Crippen LogP) is 1.76. The monoisotopic (exact) mass is 291 g/mol. The molecule has 20 heavy (non-hydrogen) atoms. The fourth-order valence-electron chi connectivity index (χ4n) is 2.67. The molecule has 0 unspecified atom stereocenters. The Morgan fingerprint density at radius 1 is 1.35 bits per heavy atom. The summed E-state index contributed by atoms with van der Waals surface area (Å²) in [4.78, 5) is 30.6. The number of carbonyl (C=O) groups excluding carboxylic acids is 1. The molecule has 1 aromatic heterocycles. The van der Waals surface area contributed by atoms with E-state index in [1.54, 1.807) is 24.1 Å². The van der Waals surface area contributed by atoms with Crippen LogP contribution >= 0.6 is 11.6 Å². The van der Waals surface area contributed by atoms with Gasteiger partial charge in [0, 0.05) is 18.6 Å². The van der Waals surface area contributed by atoms with Gasteiger partial charge in [0.05, 0.1) is 17.2 Å². The summed E-state index contributed by atoms with van der Waals surface area (Å²) in [6.07, 6.45) is 2.09. The highest BCUT2D eigenvalue weighted by molar-refractivity contribution is 6.31. The van der Waals surface area contributed by atoms with Gasteiger partial charge in [0.25, 0.3) is 5.56 Å². The number of amides is 1. The summed E-state index contributed by atoms with van der Waals surface area (Å²) >= 11 is 6.01. The highest BCUT2D eigenvalue weighted by Crippen LogP contribution is 2.23. The van der Waals surface area contributed by atoms with E-state index in [-0.39, 0.29) is 11.5 Å². The third-order valence-corrected chi connectivity index (χ3v) is 3.99. The van der Waals surface area contributed by atoms with Crippen LogP contribution in [0.15, 0.2) is 23.3 Å². The SMILES string of the molecule is Cc1cc(Cl)cc2c(=O)n([C@H]3CCN(C)C3=O)cnc12. The van der Waals surface area contributed by atoms with Gasteiger partial charge in [-0.25, -0.2) is 4.98 Å². The van der Waals surface area contributed by atoms with Gasteiger partial charge in [-0.3, -0.25) is 14.2 Å².